The molecular formula is C8H12N4O4. The van der Waals surface area contributed by atoms with Crippen molar-refractivity contribution in [2.45, 2.75) is 6.92 Å². The summed E-state index contributed by atoms with van der Waals surface area (Å²) in [5.74, 6) is -0.940. The van der Waals surface area contributed by atoms with Crippen LogP contribution in [0.4, 0.5) is 4.79 Å². The van der Waals surface area contributed by atoms with Crippen molar-refractivity contribution in [2.75, 3.05) is 20.4 Å². The van der Waals surface area contributed by atoms with Crippen LogP contribution in [0.25, 0.3) is 0 Å². The molecule has 0 aromatic heterocycles. The molecule has 0 saturated carbocycles. The topological polar surface area (TPSA) is 113 Å². The Bertz CT molecular complexity index is 320. The summed E-state index contributed by atoms with van der Waals surface area (Å²) >= 11 is 0. The van der Waals surface area contributed by atoms with Gasteiger partial charge in [-0.25, -0.2) is 4.79 Å². The van der Waals surface area contributed by atoms with Crippen molar-refractivity contribution in [1.29, 1.82) is 5.26 Å². The Morgan fingerprint density at radius 3 is 2.69 bits per heavy atom. The monoisotopic (exact) mass is 228 g/mol. The quantitative estimate of drug-likeness (QED) is 0.368. The van der Waals surface area contributed by atoms with Crippen LogP contribution in [0.1, 0.15) is 6.92 Å². The van der Waals surface area contributed by atoms with Gasteiger partial charge >= 0.3 is 6.03 Å². The van der Waals surface area contributed by atoms with Crippen molar-refractivity contribution >= 4 is 17.6 Å². The molecular weight excluding hydrogens is 216 g/mol. The van der Waals surface area contributed by atoms with Crippen LogP contribution < -0.4 is 10.6 Å². The van der Waals surface area contributed by atoms with Gasteiger partial charge in [-0.15, -0.1) is 0 Å². The van der Waals surface area contributed by atoms with E-state index in [0.717, 1.165) is 0 Å². The first kappa shape index (κ1) is 13.9. The first-order valence-electron chi connectivity index (χ1n) is 4.33. The van der Waals surface area contributed by atoms with E-state index in [9.17, 15) is 9.59 Å². The summed E-state index contributed by atoms with van der Waals surface area (Å²) in [6.07, 6.45) is 0. The number of urea groups is 1. The number of carbonyl (C=O) groups is 2. The Balaban J connectivity index is 4.22. The Kier molecular flexibility index (Phi) is 7.10. The van der Waals surface area contributed by atoms with Gasteiger partial charge in [0, 0.05) is 7.11 Å². The Morgan fingerprint density at radius 2 is 2.19 bits per heavy atom. The molecule has 8 nitrogen and oxygen atoms in total. The third-order valence-electron chi connectivity index (χ3n) is 1.21. The zero-order valence-electron chi connectivity index (χ0n) is 8.94. The Morgan fingerprint density at radius 1 is 1.50 bits per heavy atom. The summed E-state index contributed by atoms with van der Waals surface area (Å²) < 4.78 is 4.54. The van der Waals surface area contributed by atoms with Crippen molar-refractivity contribution in [3.8, 4) is 6.07 Å². The number of oxime groups is 1. The number of carbonyl (C=O) groups excluding carboxylic acids is 2. The van der Waals surface area contributed by atoms with Crippen molar-refractivity contribution in [3.05, 3.63) is 0 Å². The van der Waals surface area contributed by atoms with E-state index in [4.69, 9.17) is 5.26 Å². The van der Waals surface area contributed by atoms with Crippen LogP contribution in [0, 0.1) is 11.3 Å². The summed E-state index contributed by atoms with van der Waals surface area (Å²) in [6.45, 7) is 1.81. The van der Waals surface area contributed by atoms with Crippen LogP contribution in [0.3, 0.4) is 0 Å². The summed E-state index contributed by atoms with van der Waals surface area (Å²) in [5.41, 5.74) is -0.533. The lowest BCUT2D eigenvalue weighted by atomic mass is 10.4. The highest BCUT2D eigenvalue weighted by atomic mass is 16.6. The Hall–Kier alpha value is -2.14. The molecule has 0 heterocycles. The fraction of sp³-hybridized carbons (Fsp3) is 0.500. The number of nitrogens with one attached hydrogen (secondary N) is 2. The molecule has 8 heteroatoms. The number of rotatable bonds is 5. The van der Waals surface area contributed by atoms with Crippen molar-refractivity contribution in [3.63, 3.8) is 0 Å². The van der Waals surface area contributed by atoms with Gasteiger partial charge in [0.05, 0.1) is 0 Å². The van der Waals surface area contributed by atoms with Gasteiger partial charge in [-0.2, -0.15) is 5.26 Å². The second-order valence-corrected chi connectivity index (χ2v) is 2.36. The zero-order valence-corrected chi connectivity index (χ0v) is 8.94. The molecule has 0 spiro atoms. The number of methoxy groups -OCH3 is 1. The lowest BCUT2D eigenvalue weighted by Crippen LogP contribution is -2.43. The largest absolute Gasteiger partial charge is 0.395 e. The molecule has 0 aliphatic heterocycles. The first-order chi connectivity index (χ1) is 7.65. The van der Waals surface area contributed by atoms with Gasteiger partial charge in [0.2, 0.25) is 5.71 Å². The molecule has 0 aliphatic carbocycles. The summed E-state index contributed by atoms with van der Waals surface area (Å²) in [7, 11) is 1.37. The van der Waals surface area contributed by atoms with Gasteiger partial charge < -0.3 is 14.9 Å². The van der Waals surface area contributed by atoms with Gasteiger partial charge in [-0.05, 0) is 6.92 Å². The molecule has 0 bridgehead atoms. The van der Waals surface area contributed by atoms with E-state index in [1.54, 1.807) is 6.92 Å². The van der Waals surface area contributed by atoms with Gasteiger partial charge in [-0.1, -0.05) is 5.16 Å². The molecule has 0 saturated heterocycles. The molecule has 0 aromatic carbocycles. The highest BCUT2D eigenvalue weighted by molar-refractivity contribution is 6.46. The van der Waals surface area contributed by atoms with Crippen LogP contribution in [-0.2, 0) is 14.4 Å². The minimum atomic E-state index is -0.940. The van der Waals surface area contributed by atoms with Crippen molar-refractivity contribution in [2.24, 2.45) is 5.16 Å². The fourth-order valence-corrected chi connectivity index (χ4v) is 0.586. The molecule has 0 fully saturated rings. The third-order valence-corrected chi connectivity index (χ3v) is 1.21. The van der Waals surface area contributed by atoms with E-state index in [-0.39, 0.29) is 13.3 Å². The maximum absolute atomic E-state index is 11.2. The molecule has 0 aromatic rings. The van der Waals surface area contributed by atoms with E-state index in [1.807, 2.05) is 5.32 Å². The molecule has 16 heavy (non-hydrogen) atoms. The van der Waals surface area contributed by atoms with E-state index in [0.29, 0.717) is 0 Å². The summed E-state index contributed by atoms with van der Waals surface area (Å²) in [5, 5.41) is 15.8. The first-order valence-corrected chi connectivity index (χ1v) is 4.33. The SMILES string of the molecule is CCO/N=C(\C#N)C(=O)NC(=O)NCOC. The van der Waals surface area contributed by atoms with Crippen LogP contribution in [0.15, 0.2) is 5.16 Å². The normalized spacial score (nSPS) is 10.2. The molecule has 0 atom stereocenters. The van der Waals surface area contributed by atoms with Crippen LogP contribution >= 0.6 is 0 Å². The second kappa shape index (κ2) is 8.19. The van der Waals surface area contributed by atoms with Crippen LogP contribution in [-0.4, -0.2) is 38.1 Å². The van der Waals surface area contributed by atoms with E-state index < -0.39 is 17.6 Å². The average molecular weight is 228 g/mol. The number of imide groups is 1. The fourth-order valence-electron chi connectivity index (χ4n) is 0.586. The summed E-state index contributed by atoms with van der Waals surface area (Å²) in [4.78, 5) is 26.7. The molecule has 0 aliphatic rings. The number of hydrogen-bond donors (Lipinski definition) is 2. The van der Waals surface area contributed by atoms with Gasteiger partial charge in [0.1, 0.15) is 19.4 Å². The Labute approximate surface area is 92.2 Å². The molecule has 2 N–H and O–H groups in total. The second-order valence-electron chi connectivity index (χ2n) is 2.36. The molecule has 0 unspecified atom stereocenters. The zero-order chi connectivity index (χ0) is 12.4. The molecule has 0 radical (unpaired) electrons. The third kappa shape index (κ3) is 5.56. The lowest BCUT2D eigenvalue weighted by molar-refractivity contribution is -0.113. The molecule has 0 rings (SSSR count). The van der Waals surface area contributed by atoms with E-state index >= 15 is 0 Å². The van der Waals surface area contributed by atoms with Gasteiger partial charge in [0.25, 0.3) is 5.91 Å². The number of amides is 3. The van der Waals surface area contributed by atoms with E-state index in [1.165, 1.54) is 13.2 Å². The lowest BCUT2D eigenvalue weighted by Gasteiger charge is -2.03. The standard InChI is InChI=1S/C8H12N4O4/c1-3-16-12-6(4-9)7(13)11-8(14)10-5-15-2/h3,5H2,1-2H3,(H2,10,11,13,14)/b12-6+. The predicted octanol–water partition coefficient (Wildman–Crippen LogP) is -0.668. The minimum absolute atomic E-state index is 0.0520. The van der Waals surface area contributed by atoms with Crippen molar-refractivity contribution < 1.29 is 19.2 Å². The molecule has 3 amide bonds. The van der Waals surface area contributed by atoms with Crippen LogP contribution in [0.2, 0.25) is 0 Å². The number of ether oxygens (including phenoxy) is 1. The highest BCUT2D eigenvalue weighted by Gasteiger charge is 2.14. The predicted molar refractivity (Wildman–Crippen MR) is 53.2 cm³/mol. The van der Waals surface area contributed by atoms with Crippen molar-refractivity contribution in [1.82, 2.24) is 10.6 Å². The smallest absolute Gasteiger partial charge is 0.323 e. The minimum Gasteiger partial charge on any atom is -0.395 e. The highest BCUT2D eigenvalue weighted by Crippen LogP contribution is 1.82. The maximum Gasteiger partial charge on any atom is 0.323 e. The number of nitrogens with zero attached hydrogens (tertiary/aromatic N) is 2. The van der Waals surface area contributed by atoms with Gasteiger partial charge in [-0.3, -0.25) is 10.1 Å². The average Bonchev–Trinajstić information content (AvgIpc) is 2.27. The van der Waals surface area contributed by atoms with E-state index in [2.05, 4.69) is 20.0 Å². The maximum atomic E-state index is 11.2. The number of nitriles is 1. The van der Waals surface area contributed by atoms with Gasteiger partial charge in [0.15, 0.2) is 0 Å². The van der Waals surface area contributed by atoms with Crippen LogP contribution in [0.5, 0.6) is 0 Å². The summed E-state index contributed by atoms with van der Waals surface area (Å²) in [6, 6.07) is 0.714. The molecule has 88 valence electrons. The number of hydrogen-bond acceptors (Lipinski definition) is 6.